The zero-order chi connectivity index (χ0) is 12.1. The van der Waals surface area contributed by atoms with Crippen LogP contribution in [0, 0.1) is 6.92 Å². The fourth-order valence-corrected chi connectivity index (χ4v) is 2.33. The minimum absolute atomic E-state index is 0.643. The standard InChI is InChI=1S/C13H14N2OS/c1-10-2-4-11(5-3-10)12-8-17-13(15-12)6-7-14-9-16/h2-5,8-9H,6-7H2,1H3,(H,14,16). The van der Waals surface area contributed by atoms with E-state index in [0.717, 1.165) is 22.7 Å². The third-order valence-electron chi connectivity index (χ3n) is 2.47. The summed E-state index contributed by atoms with van der Waals surface area (Å²) in [5.41, 5.74) is 3.40. The number of thiazole rings is 1. The molecule has 17 heavy (non-hydrogen) atoms. The molecule has 2 rings (SSSR count). The lowest BCUT2D eigenvalue weighted by Gasteiger charge is -1.97. The van der Waals surface area contributed by atoms with Gasteiger partial charge in [0.05, 0.1) is 10.7 Å². The van der Waals surface area contributed by atoms with Crippen molar-refractivity contribution in [3.8, 4) is 11.3 Å². The maximum atomic E-state index is 10.1. The van der Waals surface area contributed by atoms with Crippen molar-refractivity contribution in [3.05, 3.63) is 40.2 Å². The number of benzene rings is 1. The maximum absolute atomic E-state index is 10.1. The van der Waals surface area contributed by atoms with Crippen LogP contribution in [0.2, 0.25) is 0 Å². The smallest absolute Gasteiger partial charge is 0.207 e. The highest BCUT2D eigenvalue weighted by Crippen LogP contribution is 2.22. The van der Waals surface area contributed by atoms with Crippen LogP contribution in [0.1, 0.15) is 10.6 Å². The fourth-order valence-electron chi connectivity index (χ4n) is 1.52. The molecule has 0 bridgehead atoms. The molecule has 0 radical (unpaired) electrons. The Balaban J connectivity index is 2.07. The molecule has 3 nitrogen and oxygen atoms in total. The van der Waals surface area contributed by atoms with E-state index in [1.165, 1.54) is 5.56 Å². The van der Waals surface area contributed by atoms with Crippen LogP contribution in [0.25, 0.3) is 11.3 Å². The van der Waals surface area contributed by atoms with E-state index in [2.05, 4.69) is 46.9 Å². The van der Waals surface area contributed by atoms with Gasteiger partial charge < -0.3 is 5.32 Å². The first-order valence-corrected chi connectivity index (χ1v) is 6.36. The van der Waals surface area contributed by atoms with Gasteiger partial charge in [0.25, 0.3) is 0 Å². The number of nitrogens with one attached hydrogen (secondary N) is 1. The van der Waals surface area contributed by atoms with Gasteiger partial charge in [0.15, 0.2) is 0 Å². The van der Waals surface area contributed by atoms with E-state index in [1.54, 1.807) is 11.3 Å². The monoisotopic (exact) mass is 246 g/mol. The van der Waals surface area contributed by atoms with Crippen molar-refractivity contribution in [1.29, 1.82) is 0 Å². The number of amides is 1. The maximum Gasteiger partial charge on any atom is 0.207 e. The summed E-state index contributed by atoms with van der Waals surface area (Å²) in [7, 11) is 0. The largest absolute Gasteiger partial charge is 0.358 e. The Labute approximate surface area is 105 Å². The van der Waals surface area contributed by atoms with Gasteiger partial charge in [-0.2, -0.15) is 0 Å². The fraction of sp³-hybridized carbons (Fsp3) is 0.231. The number of hydrogen-bond acceptors (Lipinski definition) is 3. The molecule has 0 spiro atoms. The second-order valence-corrected chi connectivity index (χ2v) is 4.76. The average Bonchev–Trinajstić information content (AvgIpc) is 2.79. The molecule has 0 saturated heterocycles. The van der Waals surface area contributed by atoms with Gasteiger partial charge >= 0.3 is 0 Å². The summed E-state index contributed by atoms with van der Waals surface area (Å²) < 4.78 is 0. The number of hydrogen-bond donors (Lipinski definition) is 1. The molecule has 0 aliphatic carbocycles. The molecule has 2 aromatic rings. The van der Waals surface area contributed by atoms with E-state index in [0.29, 0.717) is 13.0 Å². The van der Waals surface area contributed by atoms with Gasteiger partial charge in [-0.15, -0.1) is 11.3 Å². The lowest BCUT2D eigenvalue weighted by atomic mass is 10.1. The lowest BCUT2D eigenvalue weighted by molar-refractivity contribution is -0.109. The number of nitrogens with zero attached hydrogens (tertiary/aromatic N) is 1. The molecule has 0 atom stereocenters. The molecule has 1 aromatic heterocycles. The van der Waals surface area contributed by atoms with Crippen molar-refractivity contribution in [1.82, 2.24) is 10.3 Å². The van der Waals surface area contributed by atoms with Gasteiger partial charge in [-0.1, -0.05) is 29.8 Å². The van der Waals surface area contributed by atoms with Crippen LogP contribution in [0.5, 0.6) is 0 Å². The van der Waals surface area contributed by atoms with Crippen molar-refractivity contribution in [2.75, 3.05) is 6.54 Å². The first-order chi connectivity index (χ1) is 8.29. The minimum Gasteiger partial charge on any atom is -0.358 e. The van der Waals surface area contributed by atoms with E-state index in [4.69, 9.17) is 0 Å². The quantitative estimate of drug-likeness (QED) is 0.650. The van der Waals surface area contributed by atoms with Gasteiger partial charge in [-0.25, -0.2) is 4.98 Å². The summed E-state index contributed by atoms with van der Waals surface area (Å²) in [4.78, 5) is 14.7. The van der Waals surface area contributed by atoms with E-state index in [9.17, 15) is 4.79 Å². The highest BCUT2D eigenvalue weighted by molar-refractivity contribution is 7.09. The van der Waals surface area contributed by atoms with Gasteiger partial charge in [-0.3, -0.25) is 4.79 Å². The normalized spacial score (nSPS) is 10.2. The van der Waals surface area contributed by atoms with E-state index < -0.39 is 0 Å². The summed E-state index contributed by atoms with van der Waals surface area (Å²) in [6.07, 6.45) is 1.50. The van der Waals surface area contributed by atoms with E-state index >= 15 is 0 Å². The summed E-state index contributed by atoms with van der Waals surface area (Å²) >= 11 is 1.63. The Bertz CT molecular complexity index is 490. The van der Waals surface area contributed by atoms with Crippen molar-refractivity contribution >= 4 is 17.7 Å². The molecule has 0 unspecified atom stereocenters. The van der Waals surface area contributed by atoms with Gasteiger partial charge in [0, 0.05) is 23.9 Å². The second kappa shape index (κ2) is 5.59. The average molecular weight is 246 g/mol. The highest BCUT2D eigenvalue weighted by Gasteiger charge is 2.03. The Morgan fingerprint density at radius 3 is 2.82 bits per heavy atom. The zero-order valence-corrected chi connectivity index (χ0v) is 10.5. The SMILES string of the molecule is Cc1ccc(-c2csc(CCNC=O)n2)cc1. The van der Waals surface area contributed by atoms with E-state index in [-0.39, 0.29) is 0 Å². The topological polar surface area (TPSA) is 42.0 Å². The number of aryl methyl sites for hydroxylation is 1. The minimum atomic E-state index is 0.643. The zero-order valence-electron chi connectivity index (χ0n) is 9.64. The van der Waals surface area contributed by atoms with Gasteiger partial charge in [-0.05, 0) is 6.92 Å². The van der Waals surface area contributed by atoms with Crippen LogP contribution in [0.15, 0.2) is 29.6 Å². The Morgan fingerprint density at radius 2 is 2.12 bits per heavy atom. The molecule has 0 fully saturated rings. The molecular weight excluding hydrogens is 232 g/mol. The summed E-state index contributed by atoms with van der Waals surface area (Å²) in [6, 6.07) is 8.33. The number of rotatable bonds is 5. The molecular formula is C13H14N2OS. The second-order valence-electron chi connectivity index (χ2n) is 3.81. The van der Waals surface area contributed by atoms with Crippen LogP contribution >= 0.6 is 11.3 Å². The molecule has 0 aliphatic heterocycles. The number of aromatic nitrogens is 1. The third kappa shape index (κ3) is 3.14. The lowest BCUT2D eigenvalue weighted by Crippen LogP contribution is -2.14. The molecule has 0 aliphatic rings. The molecule has 4 heteroatoms. The van der Waals surface area contributed by atoms with Gasteiger partial charge in [0.1, 0.15) is 0 Å². The summed E-state index contributed by atoms with van der Waals surface area (Å²) in [5, 5.41) is 5.75. The van der Waals surface area contributed by atoms with Crippen LogP contribution in [-0.4, -0.2) is 17.9 Å². The highest BCUT2D eigenvalue weighted by atomic mass is 32.1. The summed E-state index contributed by atoms with van der Waals surface area (Å²) in [5.74, 6) is 0. The predicted octanol–water partition coefficient (Wildman–Crippen LogP) is 2.41. The molecule has 1 aromatic carbocycles. The molecule has 1 N–H and O–H groups in total. The molecule has 1 heterocycles. The number of carbonyl (C=O) groups is 1. The third-order valence-corrected chi connectivity index (χ3v) is 3.37. The predicted molar refractivity (Wildman–Crippen MR) is 70.1 cm³/mol. The first kappa shape index (κ1) is 11.8. The Hall–Kier alpha value is -1.68. The van der Waals surface area contributed by atoms with Crippen molar-refractivity contribution in [2.45, 2.75) is 13.3 Å². The Kier molecular flexibility index (Phi) is 3.88. The van der Waals surface area contributed by atoms with Crippen LogP contribution < -0.4 is 5.32 Å². The Morgan fingerprint density at radius 1 is 1.35 bits per heavy atom. The van der Waals surface area contributed by atoms with Crippen molar-refractivity contribution in [3.63, 3.8) is 0 Å². The number of carbonyl (C=O) groups excluding carboxylic acids is 1. The van der Waals surface area contributed by atoms with E-state index in [1.807, 2.05) is 0 Å². The van der Waals surface area contributed by atoms with Gasteiger partial charge in [0.2, 0.25) is 6.41 Å². The summed E-state index contributed by atoms with van der Waals surface area (Å²) in [6.45, 7) is 2.71. The first-order valence-electron chi connectivity index (χ1n) is 5.48. The van der Waals surface area contributed by atoms with Crippen LogP contribution in [-0.2, 0) is 11.2 Å². The van der Waals surface area contributed by atoms with Crippen molar-refractivity contribution < 1.29 is 4.79 Å². The molecule has 1 amide bonds. The molecule has 0 saturated carbocycles. The van der Waals surface area contributed by atoms with Crippen molar-refractivity contribution in [2.24, 2.45) is 0 Å². The van der Waals surface area contributed by atoms with Crippen LogP contribution in [0.3, 0.4) is 0 Å². The van der Waals surface area contributed by atoms with Crippen LogP contribution in [0.4, 0.5) is 0 Å². The molecule has 88 valence electrons.